The Morgan fingerprint density at radius 3 is 2.08 bits per heavy atom. The van der Waals surface area contributed by atoms with E-state index >= 15 is 0 Å². The molecule has 0 spiro atoms. The predicted molar refractivity (Wildman–Crippen MR) is 44.2 cm³/mol. The van der Waals surface area contributed by atoms with Crippen LogP contribution in [0.1, 0.15) is 32.6 Å². The molecule has 3 heteroatoms. The quantitative estimate of drug-likeness (QED) is 0.611. The van der Waals surface area contributed by atoms with Crippen LogP contribution in [0.25, 0.3) is 0 Å². The third kappa shape index (κ3) is 3.46. The molecule has 1 fully saturated rings. The molecule has 0 bridgehead atoms. The zero-order chi connectivity index (χ0) is 9.56. The van der Waals surface area contributed by atoms with Gasteiger partial charge in [-0.3, -0.25) is 4.39 Å². The van der Waals surface area contributed by atoms with E-state index in [2.05, 4.69) is 6.92 Å². The average Bonchev–Trinajstić information content (AvgIpc) is 2.55. The number of alkyl halides is 3. The summed E-state index contributed by atoms with van der Waals surface area (Å²) in [4.78, 5) is 0. The monoisotopic (exact) mass is 182 g/mol. The smallest absolute Gasteiger partial charge is 0.241 e. The fourth-order valence-electron chi connectivity index (χ4n) is 1.71. The lowest BCUT2D eigenvalue weighted by molar-refractivity contribution is 0.0783. The second-order valence-corrected chi connectivity index (χ2v) is 3.18. The molecule has 0 aromatic rings. The summed E-state index contributed by atoms with van der Waals surface area (Å²) in [6, 6.07) is 0. The van der Waals surface area contributed by atoms with Gasteiger partial charge in [-0.2, -0.15) is 0 Å². The Bertz CT molecular complexity index is 104. The van der Waals surface area contributed by atoms with Crippen LogP contribution >= 0.6 is 0 Å². The maximum atomic E-state index is 12.0. The van der Waals surface area contributed by atoms with Gasteiger partial charge in [-0.05, 0) is 25.2 Å². The standard InChI is InChI=1S/C8H14F2.CH3F/c1-2-6-3-4-7(5-6)8(9)10;1-2/h6-8H,2-5H2,1H3;1H3. The highest BCUT2D eigenvalue weighted by Crippen LogP contribution is 2.36. The van der Waals surface area contributed by atoms with E-state index < -0.39 is 6.43 Å². The lowest BCUT2D eigenvalue weighted by Gasteiger charge is -2.07. The van der Waals surface area contributed by atoms with Gasteiger partial charge in [-0.15, -0.1) is 0 Å². The molecule has 0 N–H and O–H groups in total. The topological polar surface area (TPSA) is 0 Å². The van der Waals surface area contributed by atoms with Gasteiger partial charge in [0.1, 0.15) is 0 Å². The highest BCUT2D eigenvalue weighted by Gasteiger charge is 2.29. The average molecular weight is 182 g/mol. The van der Waals surface area contributed by atoms with Crippen molar-refractivity contribution in [2.45, 2.75) is 39.0 Å². The molecule has 1 rings (SSSR count). The number of hydrogen-bond acceptors (Lipinski definition) is 0. The third-order valence-electron chi connectivity index (χ3n) is 2.52. The van der Waals surface area contributed by atoms with Crippen molar-refractivity contribution >= 4 is 0 Å². The summed E-state index contributed by atoms with van der Waals surface area (Å²) >= 11 is 0. The Kier molecular flexibility index (Phi) is 6.21. The van der Waals surface area contributed by atoms with Crippen molar-refractivity contribution in [2.75, 3.05) is 7.18 Å². The van der Waals surface area contributed by atoms with Crippen molar-refractivity contribution in [1.82, 2.24) is 0 Å². The summed E-state index contributed by atoms with van der Waals surface area (Å²) in [5.74, 6) is 0.295. The molecule has 0 saturated heterocycles. The summed E-state index contributed by atoms with van der Waals surface area (Å²) in [6.45, 7) is 2.08. The summed E-state index contributed by atoms with van der Waals surface area (Å²) in [5.41, 5.74) is 0. The van der Waals surface area contributed by atoms with Crippen molar-refractivity contribution in [2.24, 2.45) is 11.8 Å². The number of hydrogen-bond donors (Lipinski definition) is 0. The van der Waals surface area contributed by atoms with Crippen molar-refractivity contribution in [3.05, 3.63) is 0 Å². The van der Waals surface area contributed by atoms with Gasteiger partial charge in [0, 0.05) is 5.92 Å². The van der Waals surface area contributed by atoms with Gasteiger partial charge in [0.05, 0.1) is 7.18 Å². The Hall–Kier alpha value is -0.210. The maximum absolute atomic E-state index is 12.0. The van der Waals surface area contributed by atoms with Crippen LogP contribution in [-0.4, -0.2) is 13.6 Å². The van der Waals surface area contributed by atoms with Gasteiger partial charge in [-0.25, -0.2) is 8.78 Å². The zero-order valence-corrected chi connectivity index (χ0v) is 7.69. The van der Waals surface area contributed by atoms with Crippen LogP contribution in [0.5, 0.6) is 0 Å². The van der Waals surface area contributed by atoms with Crippen molar-refractivity contribution < 1.29 is 13.2 Å². The summed E-state index contributed by atoms with van der Waals surface area (Å²) in [7, 11) is 0.500. The van der Waals surface area contributed by atoms with E-state index in [0.717, 1.165) is 25.7 Å². The second-order valence-electron chi connectivity index (χ2n) is 3.18. The zero-order valence-electron chi connectivity index (χ0n) is 7.69. The van der Waals surface area contributed by atoms with Crippen LogP contribution in [0.3, 0.4) is 0 Å². The molecular weight excluding hydrogens is 165 g/mol. The maximum Gasteiger partial charge on any atom is 0.241 e. The van der Waals surface area contributed by atoms with E-state index in [0.29, 0.717) is 13.1 Å². The first kappa shape index (κ1) is 11.8. The largest absolute Gasteiger partial charge is 0.255 e. The van der Waals surface area contributed by atoms with Gasteiger partial charge in [0.15, 0.2) is 0 Å². The fourth-order valence-corrected chi connectivity index (χ4v) is 1.71. The van der Waals surface area contributed by atoms with Gasteiger partial charge in [0.2, 0.25) is 6.43 Å². The lowest BCUT2D eigenvalue weighted by Crippen LogP contribution is -2.06. The van der Waals surface area contributed by atoms with Gasteiger partial charge in [0.25, 0.3) is 0 Å². The highest BCUT2D eigenvalue weighted by molar-refractivity contribution is 4.75. The normalized spacial score (nSPS) is 28.5. The van der Waals surface area contributed by atoms with Crippen LogP contribution in [0.2, 0.25) is 0 Å². The minimum absolute atomic E-state index is 0.287. The van der Waals surface area contributed by atoms with E-state index in [1.54, 1.807) is 0 Å². The molecule has 0 aromatic carbocycles. The molecule has 0 nitrogen and oxygen atoms in total. The molecule has 0 aliphatic heterocycles. The Balaban J connectivity index is 0.000000561. The molecule has 0 amide bonds. The van der Waals surface area contributed by atoms with Crippen molar-refractivity contribution in [3.63, 3.8) is 0 Å². The first-order chi connectivity index (χ1) is 5.74. The molecule has 2 atom stereocenters. The van der Waals surface area contributed by atoms with E-state index in [9.17, 15) is 13.2 Å². The first-order valence-electron chi connectivity index (χ1n) is 4.40. The van der Waals surface area contributed by atoms with E-state index in [4.69, 9.17) is 0 Å². The Morgan fingerprint density at radius 1 is 1.25 bits per heavy atom. The van der Waals surface area contributed by atoms with E-state index in [-0.39, 0.29) is 5.92 Å². The molecule has 2 unspecified atom stereocenters. The van der Waals surface area contributed by atoms with E-state index in [1.807, 2.05) is 0 Å². The SMILES string of the molecule is CCC1CCC(C(F)F)C1.CF. The van der Waals surface area contributed by atoms with Crippen LogP contribution in [-0.2, 0) is 0 Å². The minimum atomic E-state index is -2.07. The van der Waals surface area contributed by atoms with Crippen LogP contribution in [0, 0.1) is 11.8 Å². The van der Waals surface area contributed by atoms with Crippen LogP contribution in [0.15, 0.2) is 0 Å². The molecule has 0 aromatic heterocycles. The summed E-state index contributed by atoms with van der Waals surface area (Å²) < 4.78 is 33.6. The second kappa shape index (κ2) is 6.32. The van der Waals surface area contributed by atoms with Crippen LogP contribution < -0.4 is 0 Å². The highest BCUT2D eigenvalue weighted by atomic mass is 19.3. The summed E-state index contributed by atoms with van der Waals surface area (Å²) in [6.07, 6.45) is 1.52. The molecule has 1 aliphatic carbocycles. The lowest BCUT2D eigenvalue weighted by atomic mass is 10.0. The fraction of sp³-hybridized carbons (Fsp3) is 1.00. The van der Waals surface area contributed by atoms with Crippen molar-refractivity contribution in [3.8, 4) is 0 Å². The Labute approximate surface area is 72.2 Å². The molecule has 12 heavy (non-hydrogen) atoms. The molecule has 1 saturated carbocycles. The molecule has 1 aliphatic rings. The number of rotatable bonds is 2. The van der Waals surface area contributed by atoms with Gasteiger partial charge < -0.3 is 0 Å². The first-order valence-corrected chi connectivity index (χ1v) is 4.40. The number of halogens is 3. The predicted octanol–water partition coefficient (Wildman–Crippen LogP) is 3.66. The van der Waals surface area contributed by atoms with Crippen molar-refractivity contribution in [1.29, 1.82) is 0 Å². The molecule has 74 valence electrons. The van der Waals surface area contributed by atoms with E-state index in [1.165, 1.54) is 0 Å². The molecule has 0 radical (unpaired) electrons. The van der Waals surface area contributed by atoms with Gasteiger partial charge in [-0.1, -0.05) is 13.3 Å². The summed E-state index contributed by atoms with van der Waals surface area (Å²) in [5, 5.41) is 0. The Morgan fingerprint density at radius 2 is 1.83 bits per heavy atom. The molecular formula is C9H17F3. The molecule has 0 heterocycles. The van der Waals surface area contributed by atoms with Crippen LogP contribution in [0.4, 0.5) is 13.2 Å². The third-order valence-corrected chi connectivity index (χ3v) is 2.52. The minimum Gasteiger partial charge on any atom is -0.255 e. The van der Waals surface area contributed by atoms with Gasteiger partial charge >= 0.3 is 0 Å².